The monoisotopic (exact) mass is 431 g/mol. The van der Waals surface area contributed by atoms with Crippen LogP contribution in [0.3, 0.4) is 0 Å². The fourth-order valence-electron chi connectivity index (χ4n) is 3.41. The van der Waals surface area contributed by atoms with Gasteiger partial charge in [-0.15, -0.1) is 0 Å². The van der Waals surface area contributed by atoms with Crippen molar-refractivity contribution in [1.29, 1.82) is 0 Å². The number of aliphatic carboxylic acids is 1. The van der Waals surface area contributed by atoms with Crippen LogP contribution in [0.2, 0.25) is 0 Å². The number of halogens is 1. The van der Waals surface area contributed by atoms with E-state index in [9.17, 15) is 9.18 Å². The second-order valence-electron chi connectivity index (χ2n) is 7.48. The summed E-state index contributed by atoms with van der Waals surface area (Å²) in [5, 5.41) is 15.9. The zero-order valence-electron chi connectivity index (χ0n) is 17.5. The van der Waals surface area contributed by atoms with Crippen molar-refractivity contribution in [2.75, 3.05) is 6.54 Å². The summed E-state index contributed by atoms with van der Waals surface area (Å²) in [5.74, 6) is -0.163. The van der Waals surface area contributed by atoms with Gasteiger partial charge >= 0.3 is 5.97 Å². The van der Waals surface area contributed by atoms with E-state index in [1.54, 1.807) is 12.1 Å². The molecule has 0 atom stereocenters. The normalized spacial score (nSPS) is 10.9. The number of nitrogens with one attached hydrogen (secondary N) is 1. The first-order valence-corrected chi connectivity index (χ1v) is 10.2. The van der Waals surface area contributed by atoms with Gasteiger partial charge in [-0.05, 0) is 53.4 Å². The lowest BCUT2D eigenvalue weighted by atomic mass is 9.98. The summed E-state index contributed by atoms with van der Waals surface area (Å²) in [5.41, 5.74) is 5.66. The molecule has 0 amide bonds. The summed E-state index contributed by atoms with van der Waals surface area (Å²) in [7, 11) is 0. The smallest absolute Gasteiger partial charge is 0.304 e. The Morgan fingerprint density at radius 3 is 2.38 bits per heavy atom. The van der Waals surface area contributed by atoms with Gasteiger partial charge < -0.3 is 14.9 Å². The van der Waals surface area contributed by atoms with Crippen LogP contribution >= 0.6 is 0 Å². The van der Waals surface area contributed by atoms with Gasteiger partial charge in [-0.2, -0.15) is 4.98 Å². The number of benzene rings is 3. The van der Waals surface area contributed by atoms with Gasteiger partial charge in [0, 0.05) is 24.2 Å². The van der Waals surface area contributed by atoms with Crippen molar-refractivity contribution in [3.8, 4) is 34.0 Å². The molecule has 0 saturated heterocycles. The van der Waals surface area contributed by atoms with Gasteiger partial charge in [-0.3, -0.25) is 4.79 Å². The van der Waals surface area contributed by atoms with Crippen molar-refractivity contribution in [3.63, 3.8) is 0 Å². The van der Waals surface area contributed by atoms with Crippen LogP contribution in [0, 0.1) is 12.7 Å². The highest BCUT2D eigenvalue weighted by Crippen LogP contribution is 2.29. The molecule has 0 spiro atoms. The van der Waals surface area contributed by atoms with Gasteiger partial charge in [-0.25, -0.2) is 4.39 Å². The summed E-state index contributed by atoms with van der Waals surface area (Å²) in [6.45, 7) is 3.00. The van der Waals surface area contributed by atoms with Crippen molar-refractivity contribution in [2.24, 2.45) is 0 Å². The van der Waals surface area contributed by atoms with Gasteiger partial charge in [0.05, 0.1) is 6.42 Å². The third kappa shape index (κ3) is 5.07. The van der Waals surface area contributed by atoms with Crippen molar-refractivity contribution in [1.82, 2.24) is 15.5 Å². The van der Waals surface area contributed by atoms with E-state index >= 15 is 0 Å². The van der Waals surface area contributed by atoms with E-state index in [1.165, 1.54) is 12.1 Å². The molecule has 7 heteroatoms. The molecule has 4 rings (SSSR count). The Kier molecular flexibility index (Phi) is 6.37. The molecule has 3 aromatic carbocycles. The summed E-state index contributed by atoms with van der Waals surface area (Å²) < 4.78 is 18.7. The molecule has 162 valence electrons. The number of aryl methyl sites for hydroxylation is 1. The summed E-state index contributed by atoms with van der Waals surface area (Å²) in [6.07, 6.45) is 0.0913. The van der Waals surface area contributed by atoms with Gasteiger partial charge in [0.25, 0.3) is 5.89 Å². The highest BCUT2D eigenvalue weighted by molar-refractivity contribution is 5.71. The second kappa shape index (κ2) is 9.53. The molecule has 0 saturated carbocycles. The summed E-state index contributed by atoms with van der Waals surface area (Å²) in [6, 6.07) is 20.0. The third-order valence-corrected chi connectivity index (χ3v) is 5.11. The Bertz CT molecular complexity index is 1220. The third-order valence-electron chi connectivity index (χ3n) is 5.11. The van der Waals surface area contributed by atoms with Crippen LogP contribution in [0.25, 0.3) is 34.0 Å². The molecule has 4 aromatic rings. The number of carbonyl (C=O) groups is 1. The van der Waals surface area contributed by atoms with Crippen molar-refractivity contribution in [3.05, 3.63) is 83.7 Å². The Morgan fingerprint density at radius 1 is 1.00 bits per heavy atom. The zero-order chi connectivity index (χ0) is 22.5. The van der Waals surface area contributed by atoms with E-state index in [1.807, 2.05) is 49.4 Å². The van der Waals surface area contributed by atoms with E-state index in [-0.39, 0.29) is 12.2 Å². The first kappa shape index (κ1) is 21.4. The second-order valence-corrected chi connectivity index (χ2v) is 7.48. The summed E-state index contributed by atoms with van der Waals surface area (Å²) in [4.78, 5) is 15.1. The lowest BCUT2D eigenvalue weighted by molar-refractivity contribution is -0.136. The highest BCUT2D eigenvalue weighted by Gasteiger charge is 2.12. The Morgan fingerprint density at radius 2 is 1.69 bits per heavy atom. The number of carboxylic acids is 1. The molecule has 0 unspecified atom stereocenters. The molecule has 2 N–H and O–H groups in total. The van der Waals surface area contributed by atoms with Crippen LogP contribution in [0.15, 0.2) is 71.3 Å². The fourth-order valence-corrected chi connectivity index (χ4v) is 3.41. The lowest BCUT2D eigenvalue weighted by Crippen LogP contribution is -2.17. The first-order valence-electron chi connectivity index (χ1n) is 10.2. The van der Waals surface area contributed by atoms with E-state index in [0.29, 0.717) is 24.8 Å². The number of hydrogen-bond donors (Lipinski definition) is 2. The van der Waals surface area contributed by atoms with Crippen molar-refractivity contribution >= 4 is 5.97 Å². The van der Waals surface area contributed by atoms with Crippen LogP contribution in [0.4, 0.5) is 4.39 Å². The standard InChI is InChI=1S/C25H22FN3O3/c1-16-14-20(8-11-22(16)18-6-9-21(26)10-7-18)25-28-24(29-32-25)19-4-2-17(3-5-19)15-27-13-12-23(30)31/h2-11,14,27H,12-13,15H2,1H3,(H,30,31). The molecular weight excluding hydrogens is 409 g/mol. The largest absolute Gasteiger partial charge is 0.481 e. The van der Waals surface area contributed by atoms with E-state index in [0.717, 1.165) is 33.4 Å². The molecule has 0 aliphatic rings. The minimum Gasteiger partial charge on any atom is -0.481 e. The topological polar surface area (TPSA) is 88.2 Å². The minimum atomic E-state index is -0.818. The Labute approximate surface area is 184 Å². The molecular formula is C25H22FN3O3. The minimum absolute atomic E-state index is 0.0913. The van der Waals surface area contributed by atoms with Gasteiger partial charge in [0.15, 0.2) is 0 Å². The molecule has 1 aromatic heterocycles. The molecule has 0 aliphatic heterocycles. The maximum Gasteiger partial charge on any atom is 0.304 e. The Balaban J connectivity index is 1.46. The maximum atomic E-state index is 13.2. The predicted octanol–water partition coefficient (Wildman–Crippen LogP) is 5.08. The van der Waals surface area contributed by atoms with Crippen LogP contribution < -0.4 is 5.32 Å². The number of nitrogens with zero attached hydrogens (tertiary/aromatic N) is 2. The highest BCUT2D eigenvalue weighted by atomic mass is 19.1. The van der Waals surface area contributed by atoms with E-state index in [4.69, 9.17) is 9.63 Å². The number of aromatic nitrogens is 2. The molecule has 0 aliphatic carbocycles. The van der Waals surface area contributed by atoms with Crippen LogP contribution in [0.5, 0.6) is 0 Å². The quantitative estimate of drug-likeness (QED) is 0.378. The predicted molar refractivity (Wildman–Crippen MR) is 119 cm³/mol. The van der Waals surface area contributed by atoms with E-state index < -0.39 is 5.97 Å². The van der Waals surface area contributed by atoms with Crippen molar-refractivity contribution < 1.29 is 18.8 Å². The van der Waals surface area contributed by atoms with Crippen LogP contribution in [0.1, 0.15) is 17.5 Å². The molecule has 32 heavy (non-hydrogen) atoms. The average Bonchev–Trinajstić information content (AvgIpc) is 3.28. The van der Waals surface area contributed by atoms with Crippen LogP contribution in [-0.4, -0.2) is 27.8 Å². The van der Waals surface area contributed by atoms with Crippen molar-refractivity contribution in [2.45, 2.75) is 19.9 Å². The SMILES string of the molecule is Cc1cc(-c2nc(-c3ccc(CNCCC(=O)O)cc3)no2)ccc1-c1ccc(F)cc1. The first-order chi connectivity index (χ1) is 15.5. The number of carboxylic acid groups (broad SMARTS) is 1. The van der Waals surface area contributed by atoms with E-state index in [2.05, 4.69) is 15.5 Å². The lowest BCUT2D eigenvalue weighted by Gasteiger charge is -2.07. The molecule has 0 radical (unpaired) electrons. The van der Waals surface area contributed by atoms with Gasteiger partial charge in [-0.1, -0.05) is 47.6 Å². The average molecular weight is 431 g/mol. The molecule has 0 bridgehead atoms. The molecule has 1 heterocycles. The summed E-state index contributed by atoms with van der Waals surface area (Å²) >= 11 is 0. The van der Waals surface area contributed by atoms with Crippen LogP contribution in [-0.2, 0) is 11.3 Å². The molecule has 6 nitrogen and oxygen atoms in total. The zero-order valence-corrected chi connectivity index (χ0v) is 17.5. The van der Waals surface area contributed by atoms with Gasteiger partial charge in [0.2, 0.25) is 5.82 Å². The Hall–Kier alpha value is -3.84. The fraction of sp³-hybridized carbons (Fsp3) is 0.160. The number of rotatable bonds is 8. The number of hydrogen-bond acceptors (Lipinski definition) is 5. The maximum absolute atomic E-state index is 13.2. The molecule has 0 fully saturated rings. The van der Waals surface area contributed by atoms with Gasteiger partial charge in [0.1, 0.15) is 5.82 Å².